The molecule has 0 amide bonds. The molecule has 0 saturated heterocycles. The molecule has 17 heavy (non-hydrogen) atoms. The van der Waals surface area contributed by atoms with Gasteiger partial charge in [-0.3, -0.25) is 4.79 Å². The van der Waals surface area contributed by atoms with Crippen molar-refractivity contribution in [1.82, 2.24) is 0 Å². The van der Waals surface area contributed by atoms with E-state index in [4.69, 9.17) is 0 Å². The molecule has 1 N–H and O–H groups in total. The Balaban J connectivity index is 2.01. The molecule has 2 unspecified atom stereocenters. The fourth-order valence-electron chi connectivity index (χ4n) is 2.69. The van der Waals surface area contributed by atoms with Gasteiger partial charge in [0.1, 0.15) is 11.5 Å². The van der Waals surface area contributed by atoms with Crippen molar-refractivity contribution in [2.24, 2.45) is 11.8 Å². The molecule has 0 spiro atoms. The molecule has 1 aromatic carbocycles. The molecule has 0 aromatic heterocycles. The first-order valence-electron chi connectivity index (χ1n) is 6.49. The maximum atomic E-state index is 11.9. The topological polar surface area (TPSA) is 37.3 Å². The highest BCUT2D eigenvalue weighted by Crippen LogP contribution is 2.31. The molecule has 2 atom stereocenters. The smallest absolute Gasteiger partial charge is 0.136 e. The van der Waals surface area contributed by atoms with Crippen LogP contribution in [0.25, 0.3) is 0 Å². The van der Waals surface area contributed by atoms with Crippen molar-refractivity contribution in [3.05, 3.63) is 29.8 Å². The van der Waals surface area contributed by atoms with Gasteiger partial charge in [0.15, 0.2) is 0 Å². The van der Waals surface area contributed by atoms with Crippen molar-refractivity contribution in [3.63, 3.8) is 0 Å². The van der Waals surface area contributed by atoms with Crippen LogP contribution in [0.4, 0.5) is 0 Å². The van der Waals surface area contributed by atoms with Crippen LogP contribution in [0.2, 0.25) is 0 Å². The van der Waals surface area contributed by atoms with Crippen LogP contribution in [0.15, 0.2) is 24.3 Å². The van der Waals surface area contributed by atoms with E-state index in [0.717, 1.165) is 37.2 Å². The number of phenols is 1. The summed E-state index contributed by atoms with van der Waals surface area (Å²) in [5.41, 5.74) is 1.15. The minimum absolute atomic E-state index is 0.193. The lowest BCUT2D eigenvalue weighted by Crippen LogP contribution is -2.26. The minimum Gasteiger partial charge on any atom is -0.508 e. The number of hydrogen-bond acceptors (Lipinski definition) is 2. The summed E-state index contributed by atoms with van der Waals surface area (Å²) in [5.74, 6) is 1.62. The molecule has 0 radical (unpaired) electrons. The molecule has 1 aliphatic carbocycles. The molecule has 1 fully saturated rings. The Morgan fingerprint density at radius 1 is 1.29 bits per heavy atom. The van der Waals surface area contributed by atoms with Crippen LogP contribution in [0.5, 0.6) is 5.75 Å². The zero-order valence-corrected chi connectivity index (χ0v) is 10.4. The average molecular weight is 232 g/mol. The third-order valence-electron chi connectivity index (χ3n) is 3.87. The van der Waals surface area contributed by atoms with Crippen molar-refractivity contribution >= 4 is 5.78 Å². The third-order valence-corrected chi connectivity index (χ3v) is 3.87. The standard InChI is InChI=1S/C15H20O2/c1-2-11-5-8-15(17)13(9-11)10-12-3-6-14(16)7-4-12/h3-4,6-7,11,13,16H,2,5,8-10H2,1H3. The van der Waals surface area contributed by atoms with E-state index in [1.807, 2.05) is 12.1 Å². The molecule has 1 aliphatic rings. The number of carbonyl (C=O) groups excluding carboxylic acids is 1. The number of carbonyl (C=O) groups is 1. The van der Waals surface area contributed by atoms with Gasteiger partial charge in [0.05, 0.1) is 0 Å². The average Bonchev–Trinajstić information content (AvgIpc) is 2.35. The van der Waals surface area contributed by atoms with Gasteiger partial charge in [0.25, 0.3) is 0 Å². The summed E-state index contributed by atoms with van der Waals surface area (Å²) in [6.45, 7) is 2.21. The molecule has 2 rings (SSSR count). The Bertz CT molecular complexity index is 380. The molecular weight excluding hydrogens is 212 g/mol. The Hall–Kier alpha value is -1.31. The van der Waals surface area contributed by atoms with Gasteiger partial charge < -0.3 is 5.11 Å². The first kappa shape index (κ1) is 12.2. The van der Waals surface area contributed by atoms with Crippen molar-refractivity contribution in [1.29, 1.82) is 0 Å². The summed E-state index contributed by atoms with van der Waals surface area (Å²) in [6, 6.07) is 7.22. The minimum atomic E-state index is 0.193. The second-order valence-electron chi connectivity index (χ2n) is 5.08. The SMILES string of the molecule is CCC1CCC(=O)C(Cc2ccc(O)cc2)C1. The van der Waals surface area contributed by atoms with Crippen molar-refractivity contribution in [2.75, 3.05) is 0 Å². The van der Waals surface area contributed by atoms with Gasteiger partial charge in [-0.2, -0.15) is 0 Å². The van der Waals surface area contributed by atoms with Crippen molar-refractivity contribution < 1.29 is 9.90 Å². The number of aromatic hydroxyl groups is 1. The maximum absolute atomic E-state index is 11.9. The van der Waals surface area contributed by atoms with Gasteiger partial charge in [-0.15, -0.1) is 0 Å². The molecule has 1 aromatic rings. The molecule has 1 saturated carbocycles. The van der Waals surface area contributed by atoms with Gasteiger partial charge in [0, 0.05) is 12.3 Å². The van der Waals surface area contributed by atoms with E-state index in [1.54, 1.807) is 12.1 Å². The summed E-state index contributed by atoms with van der Waals surface area (Å²) in [4.78, 5) is 11.9. The highest BCUT2D eigenvalue weighted by molar-refractivity contribution is 5.82. The van der Waals surface area contributed by atoms with Crippen LogP contribution in [0.1, 0.15) is 38.2 Å². The Kier molecular flexibility index (Phi) is 3.82. The highest BCUT2D eigenvalue weighted by Gasteiger charge is 2.27. The second kappa shape index (κ2) is 5.35. The third kappa shape index (κ3) is 3.09. The summed E-state index contributed by atoms with van der Waals surface area (Å²) in [7, 11) is 0. The number of hydrogen-bond donors (Lipinski definition) is 1. The van der Waals surface area contributed by atoms with Crippen LogP contribution < -0.4 is 0 Å². The zero-order valence-electron chi connectivity index (χ0n) is 10.4. The van der Waals surface area contributed by atoms with E-state index in [-0.39, 0.29) is 11.7 Å². The monoisotopic (exact) mass is 232 g/mol. The maximum Gasteiger partial charge on any atom is 0.136 e. The predicted octanol–water partition coefficient (Wildman–Crippen LogP) is 3.33. The number of rotatable bonds is 3. The van der Waals surface area contributed by atoms with Crippen LogP contribution in [0, 0.1) is 11.8 Å². The van der Waals surface area contributed by atoms with Gasteiger partial charge in [-0.25, -0.2) is 0 Å². The van der Waals surface area contributed by atoms with Crippen LogP contribution >= 0.6 is 0 Å². The first-order valence-corrected chi connectivity index (χ1v) is 6.49. The zero-order chi connectivity index (χ0) is 12.3. The summed E-state index contributed by atoms with van der Waals surface area (Å²) in [5, 5.41) is 9.23. The number of ketones is 1. The molecule has 0 aliphatic heterocycles. The lowest BCUT2D eigenvalue weighted by atomic mass is 9.77. The van der Waals surface area contributed by atoms with E-state index in [1.165, 1.54) is 6.42 Å². The fraction of sp³-hybridized carbons (Fsp3) is 0.533. The van der Waals surface area contributed by atoms with E-state index in [2.05, 4.69) is 6.92 Å². The van der Waals surface area contributed by atoms with Crippen molar-refractivity contribution in [2.45, 2.75) is 39.0 Å². The molecule has 0 heterocycles. The molecule has 92 valence electrons. The second-order valence-corrected chi connectivity index (χ2v) is 5.08. The Labute approximate surface area is 103 Å². The number of phenolic OH excluding ortho intramolecular Hbond substituents is 1. The van der Waals surface area contributed by atoms with Crippen LogP contribution in [-0.4, -0.2) is 10.9 Å². The van der Waals surface area contributed by atoms with Gasteiger partial charge in [-0.1, -0.05) is 25.5 Å². The number of Topliss-reactive ketones (excluding diaryl/α,β-unsaturated/α-hetero) is 1. The normalized spacial score (nSPS) is 24.9. The fourth-order valence-corrected chi connectivity index (χ4v) is 2.69. The van der Waals surface area contributed by atoms with Crippen molar-refractivity contribution in [3.8, 4) is 5.75 Å². The lowest BCUT2D eigenvalue weighted by molar-refractivity contribution is -0.125. The van der Waals surface area contributed by atoms with E-state index < -0.39 is 0 Å². The summed E-state index contributed by atoms with van der Waals surface area (Å²) >= 11 is 0. The molecule has 0 bridgehead atoms. The number of benzene rings is 1. The molecule has 2 nitrogen and oxygen atoms in total. The molecular formula is C15H20O2. The van der Waals surface area contributed by atoms with Gasteiger partial charge >= 0.3 is 0 Å². The summed E-state index contributed by atoms with van der Waals surface area (Å²) < 4.78 is 0. The predicted molar refractivity (Wildman–Crippen MR) is 67.9 cm³/mol. The van der Waals surface area contributed by atoms with E-state index in [9.17, 15) is 9.90 Å². The Morgan fingerprint density at radius 2 is 2.00 bits per heavy atom. The largest absolute Gasteiger partial charge is 0.508 e. The quantitative estimate of drug-likeness (QED) is 0.868. The summed E-state index contributed by atoms with van der Waals surface area (Å²) in [6.07, 6.45) is 4.87. The van der Waals surface area contributed by atoms with E-state index in [0.29, 0.717) is 5.78 Å². The van der Waals surface area contributed by atoms with Gasteiger partial charge in [-0.05, 0) is 42.9 Å². The Morgan fingerprint density at radius 3 is 2.65 bits per heavy atom. The van der Waals surface area contributed by atoms with Gasteiger partial charge in [0.2, 0.25) is 0 Å². The molecule has 2 heteroatoms. The van der Waals surface area contributed by atoms with Crippen LogP contribution in [0.3, 0.4) is 0 Å². The van der Waals surface area contributed by atoms with E-state index >= 15 is 0 Å². The van der Waals surface area contributed by atoms with Crippen LogP contribution in [-0.2, 0) is 11.2 Å². The first-order chi connectivity index (χ1) is 8.19. The lowest BCUT2D eigenvalue weighted by Gasteiger charge is -2.27. The highest BCUT2D eigenvalue weighted by atomic mass is 16.3.